The van der Waals surface area contributed by atoms with Crippen LogP contribution in [-0.4, -0.2) is 25.8 Å². The van der Waals surface area contributed by atoms with Crippen molar-refractivity contribution in [2.24, 2.45) is 0 Å². The third kappa shape index (κ3) is 3.83. The number of ketones is 2. The van der Waals surface area contributed by atoms with Gasteiger partial charge >= 0.3 is 0 Å². The second-order valence-electron chi connectivity index (χ2n) is 6.88. The van der Waals surface area contributed by atoms with E-state index in [0.717, 1.165) is 33.0 Å². The maximum atomic E-state index is 12.7. The molecule has 0 aliphatic rings. The lowest BCUT2D eigenvalue weighted by Gasteiger charge is -2.07. The van der Waals surface area contributed by atoms with Crippen molar-refractivity contribution in [2.75, 3.05) is 14.2 Å². The second-order valence-corrected chi connectivity index (χ2v) is 6.88. The lowest BCUT2D eigenvalue weighted by molar-refractivity contribution is 0.0894. The Morgan fingerprint density at radius 3 is 1.38 bits per heavy atom. The van der Waals surface area contributed by atoms with Gasteiger partial charge in [0.25, 0.3) is 0 Å². The van der Waals surface area contributed by atoms with Gasteiger partial charge in [-0.3, -0.25) is 9.59 Å². The molecule has 0 aromatic heterocycles. The van der Waals surface area contributed by atoms with Crippen LogP contribution >= 0.6 is 0 Å². The molecule has 0 radical (unpaired) electrons. The summed E-state index contributed by atoms with van der Waals surface area (Å²) in [6, 6.07) is 22.2. The molecule has 0 heterocycles. The van der Waals surface area contributed by atoms with Gasteiger partial charge in [-0.15, -0.1) is 0 Å². The van der Waals surface area contributed by atoms with Crippen LogP contribution in [0.5, 0.6) is 11.5 Å². The molecule has 0 saturated carbocycles. The normalized spacial score (nSPS) is 10.8. The molecule has 0 aliphatic heterocycles. The van der Waals surface area contributed by atoms with Crippen LogP contribution in [0.2, 0.25) is 0 Å². The van der Waals surface area contributed by atoms with E-state index in [1.54, 1.807) is 26.4 Å². The van der Waals surface area contributed by atoms with Crippen molar-refractivity contribution in [1.29, 1.82) is 0 Å². The van der Waals surface area contributed by atoms with Crippen molar-refractivity contribution in [3.8, 4) is 11.5 Å². The van der Waals surface area contributed by atoms with E-state index >= 15 is 0 Å². The molecule has 4 nitrogen and oxygen atoms in total. The molecular weight excluding hydrogens is 364 g/mol. The summed E-state index contributed by atoms with van der Waals surface area (Å²) >= 11 is 0. The zero-order valence-corrected chi connectivity index (χ0v) is 16.3. The second kappa shape index (κ2) is 7.76. The standard InChI is InChI=1S/C25H20O4/c1-28-22-9-7-16-11-20(5-3-18(16)13-22)24(26)15-25(27)21-6-4-19-14-23(29-2)10-8-17(19)12-21/h3-14H,15H2,1-2H3. The molecule has 29 heavy (non-hydrogen) atoms. The maximum Gasteiger partial charge on any atom is 0.170 e. The first-order valence-electron chi connectivity index (χ1n) is 9.29. The molecule has 0 spiro atoms. The monoisotopic (exact) mass is 384 g/mol. The van der Waals surface area contributed by atoms with Crippen molar-refractivity contribution >= 4 is 33.1 Å². The third-order valence-corrected chi connectivity index (χ3v) is 5.06. The predicted molar refractivity (Wildman–Crippen MR) is 114 cm³/mol. The van der Waals surface area contributed by atoms with E-state index in [1.807, 2.05) is 60.7 Å². The Morgan fingerprint density at radius 1 is 0.586 bits per heavy atom. The van der Waals surface area contributed by atoms with Crippen molar-refractivity contribution in [2.45, 2.75) is 6.42 Å². The number of carbonyl (C=O) groups excluding carboxylic acids is 2. The first kappa shape index (κ1) is 18.7. The minimum absolute atomic E-state index is 0.163. The molecule has 0 N–H and O–H groups in total. The highest BCUT2D eigenvalue weighted by Gasteiger charge is 2.15. The van der Waals surface area contributed by atoms with Gasteiger partial charge in [-0.1, -0.05) is 36.4 Å². The Balaban J connectivity index is 1.55. The van der Waals surface area contributed by atoms with E-state index in [0.29, 0.717) is 11.1 Å². The van der Waals surface area contributed by atoms with Crippen molar-refractivity contribution in [1.82, 2.24) is 0 Å². The number of carbonyl (C=O) groups is 2. The SMILES string of the molecule is COc1ccc2cc(C(=O)CC(=O)c3ccc4cc(OC)ccc4c3)ccc2c1. The van der Waals surface area contributed by atoms with Crippen LogP contribution in [0.4, 0.5) is 0 Å². The number of methoxy groups -OCH3 is 2. The Labute approximate surface area is 168 Å². The molecule has 0 aliphatic carbocycles. The van der Waals surface area contributed by atoms with Crippen molar-refractivity contribution in [3.05, 3.63) is 83.9 Å². The van der Waals surface area contributed by atoms with Gasteiger partial charge in [0.15, 0.2) is 11.6 Å². The number of fused-ring (bicyclic) bond motifs is 2. The summed E-state index contributed by atoms with van der Waals surface area (Å²) in [5, 5.41) is 3.84. The van der Waals surface area contributed by atoms with E-state index in [1.165, 1.54) is 0 Å². The molecular formula is C25H20O4. The van der Waals surface area contributed by atoms with Crippen LogP contribution in [0, 0.1) is 0 Å². The molecule has 0 atom stereocenters. The van der Waals surface area contributed by atoms with Gasteiger partial charge in [-0.2, -0.15) is 0 Å². The van der Waals surface area contributed by atoms with Crippen LogP contribution < -0.4 is 9.47 Å². The minimum atomic E-state index is -0.192. The Kier molecular flexibility index (Phi) is 5.00. The fourth-order valence-electron chi connectivity index (χ4n) is 3.40. The summed E-state index contributed by atoms with van der Waals surface area (Å²) in [5.41, 5.74) is 1.06. The number of Topliss-reactive ketones (excluding diaryl/α,β-unsaturated/α-hetero) is 2. The topological polar surface area (TPSA) is 52.6 Å². The molecule has 144 valence electrons. The Hall–Kier alpha value is -3.66. The Bertz CT molecular complexity index is 1140. The Morgan fingerprint density at radius 2 is 0.966 bits per heavy atom. The van der Waals surface area contributed by atoms with Gasteiger partial charge in [-0.25, -0.2) is 0 Å². The largest absolute Gasteiger partial charge is 0.497 e. The summed E-state index contributed by atoms with van der Waals surface area (Å²) in [4.78, 5) is 25.4. The van der Waals surface area contributed by atoms with Gasteiger partial charge in [0, 0.05) is 11.1 Å². The highest BCUT2D eigenvalue weighted by Crippen LogP contribution is 2.24. The van der Waals surface area contributed by atoms with Gasteiger partial charge in [0.1, 0.15) is 11.5 Å². The van der Waals surface area contributed by atoms with Crippen LogP contribution in [0.15, 0.2) is 72.8 Å². The maximum absolute atomic E-state index is 12.7. The van der Waals surface area contributed by atoms with E-state index in [2.05, 4.69) is 0 Å². The van der Waals surface area contributed by atoms with E-state index in [4.69, 9.17) is 9.47 Å². The molecule has 4 aromatic rings. The van der Waals surface area contributed by atoms with E-state index in [-0.39, 0.29) is 18.0 Å². The summed E-state index contributed by atoms with van der Waals surface area (Å²) in [6.45, 7) is 0. The van der Waals surface area contributed by atoms with Crippen molar-refractivity contribution in [3.63, 3.8) is 0 Å². The smallest absolute Gasteiger partial charge is 0.170 e. The molecule has 0 unspecified atom stereocenters. The van der Waals surface area contributed by atoms with Gasteiger partial charge in [-0.05, 0) is 57.9 Å². The van der Waals surface area contributed by atoms with Gasteiger partial charge in [0.05, 0.1) is 20.6 Å². The summed E-state index contributed by atoms with van der Waals surface area (Å²) in [5.74, 6) is 1.14. The fourth-order valence-corrected chi connectivity index (χ4v) is 3.40. The molecule has 4 heteroatoms. The number of rotatable bonds is 6. The van der Waals surface area contributed by atoms with Crippen LogP contribution in [0.3, 0.4) is 0 Å². The molecule has 0 fully saturated rings. The number of ether oxygens (including phenoxy) is 2. The minimum Gasteiger partial charge on any atom is -0.497 e. The highest BCUT2D eigenvalue weighted by atomic mass is 16.5. The van der Waals surface area contributed by atoms with Gasteiger partial charge < -0.3 is 9.47 Å². The molecule has 4 rings (SSSR count). The number of hydrogen-bond acceptors (Lipinski definition) is 4. The average molecular weight is 384 g/mol. The zero-order chi connectivity index (χ0) is 20.4. The van der Waals surface area contributed by atoms with Crippen LogP contribution in [0.1, 0.15) is 27.1 Å². The quantitative estimate of drug-likeness (QED) is 0.327. The summed E-state index contributed by atoms with van der Waals surface area (Å²) < 4.78 is 10.5. The van der Waals surface area contributed by atoms with Crippen LogP contribution in [0.25, 0.3) is 21.5 Å². The first-order valence-corrected chi connectivity index (χ1v) is 9.29. The van der Waals surface area contributed by atoms with Crippen LogP contribution in [-0.2, 0) is 0 Å². The first-order chi connectivity index (χ1) is 14.1. The molecule has 4 aromatic carbocycles. The molecule has 0 bridgehead atoms. The predicted octanol–water partition coefficient (Wildman–Crippen LogP) is 5.47. The third-order valence-electron chi connectivity index (χ3n) is 5.06. The van der Waals surface area contributed by atoms with E-state index in [9.17, 15) is 9.59 Å². The lowest BCUT2D eigenvalue weighted by atomic mass is 9.97. The van der Waals surface area contributed by atoms with Crippen molar-refractivity contribution < 1.29 is 19.1 Å². The zero-order valence-electron chi connectivity index (χ0n) is 16.3. The summed E-state index contributed by atoms with van der Waals surface area (Å²) in [7, 11) is 3.24. The number of hydrogen-bond donors (Lipinski definition) is 0. The number of benzene rings is 4. The van der Waals surface area contributed by atoms with E-state index < -0.39 is 0 Å². The van der Waals surface area contributed by atoms with Gasteiger partial charge in [0.2, 0.25) is 0 Å². The highest BCUT2D eigenvalue weighted by molar-refractivity contribution is 6.15. The average Bonchev–Trinajstić information content (AvgIpc) is 2.77. The lowest BCUT2D eigenvalue weighted by Crippen LogP contribution is -2.08. The fraction of sp³-hybridized carbons (Fsp3) is 0.120. The molecule has 0 saturated heterocycles. The summed E-state index contributed by atoms with van der Waals surface area (Å²) in [6.07, 6.45) is -0.163. The molecule has 0 amide bonds.